The van der Waals surface area contributed by atoms with Crippen molar-refractivity contribution in [2.45, 2.75) is 51.5 Å². The number of hydrogen-bond donors (Lipinski definition) is 1. The lowest BCUT2D eigenvalue weighted by Crippen LogP contribution is -2.46. The Morgan fingerprint density at radius 3 is 2.78 bits per heavy atom. The highest BCUT2D eigenvalue weighted by molar-refractivity contribution is 5.79. The van der Waals surface area contributed by atoms with Crippen LogP contribution < -0.4 is 0 Å². The molecule has 1 aromatic carbocycles. The first-order valence-electron chi connectivity index (χ1n) is 8.24. The summed E-state index contributed by atoms with van der Waals surface area (Å²) >= 11 is 0. The van der Waals surface area contributed by atoms with Crippen molar-refractivity contribution in [3.8, 4) is 0 Å². The third kappa shape index (κ3) is 4.78. The van der Waals surface area contributed by atoms with Crippen molar-refractivity contribution in [2.24, 2.45) is 5.92 Å². The first-order chi connectivity index (χ1) is 11.0. The molecule has 0 saturated carbocycles. The van der Waals surface area contributed by atoms with Crippen molar-refractivity contribution < 1.29 is 19.1 Å². The van der Waals surface area contributed by atoms with Gasteiger partial charge in [-0.2, -0.15) is 0 Å². The lowest BCUT2D eigenvalue weighted by Gasteiger charge is -2.37. The van der Waals surface area contributed by atoms with Crippen molar-refractivity contribution in [3.05, 3.63) is 35.6 Å². The summed E-state index contributed by atoms with van der Waals surface area (Å²) in [7, 11) is 0. The number of carboxylic acids is 1. The molecule has 2 rings (SSSR count). The van der Waals surface area contributed by atoms with E-state index in [9.17, 15) is 14.0 Å². The van der Waals surface area contributed by atoms with Crippen LogP contribution in [-0.2, 0) is 16.0 Å². The minimum absolute atomic E-state index is 0.00309. The topological polar surface area (TPSA) is 57.6 Å². The van der Waals surface area contributed by atoms with Gasteiger partial charge in [0.1, 0.15) is 5.82 Å². The van der Waals surface area contributed by atoms with Crippen molar-refractivity contribution in [3.63, 3.8) is 0 Å². The largest absolute Gasteiger partial charge is 0.481 e. The molecule has 2 atom stereocenters. The maximum absolute atomic E-state index is 13.8. The molecule has 0 aliphatic carbocycles. The van der Waals surface area contributed by atoms with Gasteiger partial charge >= 0.3 is 5.97 Å². The van der Waals surface area contributed by atoms with Crippen LogP contribution in [0.2, 0.25) is 0 Å². The number of likely N-dealkylation sites (tertiary alicyclic amines) is 1. The Hall–Kier alpha value is -1.91. The summed E-state index contributed by atoms with van der Waals surface area (Å²) in [5.74, 6) is -1.42. The number of carboxylic acid groups (broad SMARTS) is 1. The summed E-state index contributed by atoms with van der Waals surface area (Å²) in [5.41, 5.74) is 0.549. The monoisotopic (exact) mass is 321 g/mol. The van der Waals surface area contributed by atoms with Gasteiger partial charge in [-0.3, -0.25) is 9.59 Å². The van der Waals surface area contributed by atoms with E-state index in [0.717, 1.165) is 19.3 Å². The van der Waals surface area contributed by atoms with E-state index in [1.807, 2.05) is 11.8 Å². The summed E-state index contributed by atoms with van der Waals surface area (Å²) in [6.45, 7) is 2.49. The molecule has 0 radical (unpaired) electrons. The van der Waals surface area contributed by atoms with Gasteiger partial charge in [0.25, 0.3) is 0 Å². The Morgan fingerprint density at radius 2 is 2.09 bits per heavy atom. The van der Waals surface area contributed by atoms with Crippen molar-refractivity contribution in [1.82, 2.24) is 4.90 Å². The lowest BCUT2D eigenvalue weighted by atomic mass is 9.93. The zero-order valence-corrected chi connectivity index (χ0v) is 13.5. The third-order valence-corrected chi connectivity index (χ3v) is 4.51. The number of rotatable bonds is 6. The Morgan fingerprint density at radius 1 is 1.35 bits per heavy atom. The van der Waals surface area contributed by atoms with Gasteiger partial charge in [-0.15, -0.1) is 0 Å². The molecule has 1 saturated heterocycles. The Balaban J connectivity index is 2.01. The van der Waals surface area contributed by atoms with Gasteiger partial charge in [0.05, 0.1) is 0 Å². The summed E-state index contributed by atoms with van der Waals surface area (Å²) in [6.07, 6.45) is 3.76. The zero-order chi connectivity index (χ0) is 16.8. The minimum Gasteiger partial charge on any atom is -0.481 e. The van der Waals surface area contributed by atoms with Crippen LogP contribution in [-0.4, -0.2) is 34.5 Å². The molecule has 0 unspecified atom stereocenters. The second-order valence-electron chi connectivity index (χ2n) is 6.31. The summed E-state index contributed by atoms with van der Waals surface area (Å²) in [6, 6.07) is 6.51. The van der Waals surface area contributed by atoms with Crippen LogP contribution in [0, 0.1) is 11.7 Å². The van der Waals surface area contributed by atoms with Crippen LogP contribution in [0.3, 0.4) is 0 Å². The number of amides is 1. The van der Waals surface area contributed by atoms with E-state index < -0.39 is 5.97 Å². The second kappa shape index (κ2) is 8.09. The molecule has 1 heterocycles. The van der Waals surface area contributed by atoms with E-state index in [2.05, 4.69) is 0 Å². The SMILES string of the molecule is C[C@H](Cc1ccccc1F)C(=O)N1CCCC[C@@H]1CCC(=O)O. The molecule has 5 heteroatoms. The van der Waals surface area contributed by atoms with Gasteiger partial charge in [-0.1, -0.05) is 25.1 Å². The fourth-order valence-electron chi connectivity index (χ4n) is 3.25. The highest BCUT2D eigenvalue weighted by atomic mass is 19.1. The number of aliphatic carboxylic acids is 1. The average Bonchev–Trinajstić information content (AvgIpc) is 2.54. The number of carbonyl (C=O) groups is 2. The molecule has 126 valence electrons. The van der Waals surface area contributed by atoms with E-state index in [0.29, 0.717) is 24.9 Å². The van der Waals surface area contributed by atoms with Gasteiger partial charge in [0.15, 0.2) is 0 Å². The fraction of sp³-hybridized carbons (Fsp3) is 0.556. The zero-order valence-electron chi connectivity index (χ0n) is 13.5. The molecular formula is C18H24FNO3. The molecule has 1 aromatic rings. The van der Waals surface area contributed by atoms with Crippen molar-refractivity contribution in [2.75, 3.05) is 6.54 Å². The predicted molar refractivity (Wildman–Crippen MR) is 85.5 cm³/mol. The van der Waals surface area contributed by atoms with Gasteiger partial charge in [0.2, 0.25) is 5.91 Å². The molecule has 0 aromatic heterocycles. The van der Waals surface area contributed by atoms with E-state index in [-0.39, 0.29) is 30.1 Å². The fourth-order valence-corrected chi connectivity index (χ4v) is 3.25. The standard InChI is InChI=1S/C18H24FNO3/c1-13(12-14-6-2-3-8-16(14)19)18(23)20-11-5-4-7-15(20)9-10-17(21)22/h2-3,6,8,13,15H,4-5,7,9-12H2,1H3,(H,21,22)/t13-,15-/m1/s1. The van der Waals surface area contributed by atoms with Gasteiger partial charge in [-0.05, 0) is 43.7 Å². The molecule has 23 heavy (non-hydrogen) atoms. The summed E-state index contributed by atoms with van der Waals surface area (Å²) in [5, 5.41) is 8.86. The highest BCUT2D eigenvalue weighted by Crippen LogP contribution is 2.24. The molecule has 0 bridgehead atoms. The van der Waals surface area contributed by atoms with Gasteiger partial charge in [-0.25, -0.2) is 4.39 Å². The molecule has 4 nitrogen and oxygen atoms in total. The van der Waals surface area contributed by atoms with Crippen molar-refractivity contribution in [1.29, 1.82) is 0 Å². The van der Waals surface area contributed by atoms with Crippen LogP contribution in [0.4, 0.5) is 4.39 Å². The van der Waals surface area contributed by atoms with E-state index in [1.54, 1.807) is 18.2 Å². The number of piperidine rings is 1. The maximum atomic E-state index is 13.8. The molecule has 1 amide bonds. The van der Waals surface area contributed by atoms with Crippen molar-refractivity contribution >= 4 is 11.9 Å². The van der Waals surface area contributed by atoms with Crippen LogP contribution in [0.15, 0.2) is 24.3 Å². The number of halogens is 1. The maximum Gasteiger partial charge on any atom is 0.303 e. The van der Waals surface area contributed by atoms with E-state index >= 15 is 0 Å². The van der Waals surface area contributed by atoms with Crippen LogP contribution in [0.1, 0.15) is 44.6 Å². The van der Waals surface area contributed by atoms with E-state index in [4.69, 9.17) is 5.11 Å². The number of hydrogen-bond acceptors (Lipinski definition) is 2. The Kier molecular flexibility index (Phi) is 6.13. The molecule has 1 aliphatic heterocycles. The third-order valence-electron chi connectivity index (χ3n) is 4.51. The summed E-state index contributed by atoms with van der Waals surface area (Å²) < 4.78 is 13.8. The quantitative estimate of drug-likeness (QED) is 0.875. The Labute approximate surface area is 136 Å². The van der Waals surface area contributed by atoms with Crippen LogP contribution >= 0.6 is 0 Å². The molecule has 0 spiro atoms. The summed E-state index contributed by atoms with van der Waals surface area (Å²) in [4.78, 5) is 25.3. The Bertz CT molecular complexity index is 561. The number of carbonyl (C=O) groups excluding carboxylic acids is 1. The average molecular weight is 321 g/mol. The van der Waals surface area contributed by atoms with Crippen LogP contribution in [0.5, 0.6) is 0 Å². The smallest absolute Gasteiger partial charge is 0.303 e. The molecule has 1 fully saturated rings. The van der Waals surface area contributed by atoms with E-state index in [1.165, 1.54) is 6.07 Å². The van der Waals surface area contributed by atoms with Crippen LogP contribution in [0.25, 0.3) is 0 Å². The first-order valence-corrected chi connectivity index (χ1v) is 8.24. The molecule has 1 N–H and O–H groups in total. The highest BCUT2D eigenvalue weighted by Gasteiger charge is 2.30. The second-order valence-corrected chi connectivity index (χ2v) is 6.31. The van der Waals surface area contributed by atoms with Gasteiger partial charge in [0, 0.05) is 24.9 Å². The predicted octanol–water partition coefficient (Wildman–Crippen LogP) is 3.25. The van der Waals surface area contributed by atoms with Gasteiger partial charge < -0.3 is 10.0 Å². The number of nitrogens with zero attached hydrogens (tertiary/aromatic N) is 1. The molecular weight excluding hydrogens is 297 g/mol. The minimum atomic E-state index is -0.831. The number of benzene rings is 1. The first kappa shape index (κ1) is 17.4. The normalized spacial score (nSPS) is 19.4. The molecule has 1 aliphatic rings. The lowest BCUT2D eigenvalue weighted by molar-refractivity contribution is -0.142.